The Kier molecular flexibility index (Phi) is 3.87. The molecule has 5 heteroatoms. The number of likely N-dealkylation sites (N-methyl/N-ethyl adjacent to an activating group) is 1. The molecule has 0 aliphatic carbocycles. The van der Waals surface area contributed by atoms with E-state index in [2.05, 4.69) is 5.32 Å². The Morgan fingerprint density at radius 2 is 1.96 bits per heavy atom. The summed E-state index contributed by atoms with van der Waals surface area (Å²) in [5.41, 5.74) is 2.37. The van der Waals surface area contributed by atoms with Crippen LogP contribution in [0.25, 0.3) is 0 Å². The maximum absolute atomic E-state index is 13.2. The summed E-state index contributed by atoms with van der Waals surface area (Å²) in [4.78, 5) is 26.1. The molecular formula is C19H19FN2O2. The van der Waals surface area contributed by atoms with Gasteiger partial charge >= 0.3 is 0 Å². The van der Waals surface area contributed by atoms with Gasteiger partial charge < -0.3 is 10.2 Å². The molecule has 0 bridgehead atoms. The highest BCUT2D eigenvalue weighted by Gasteiger charge is 2.42. The van der Waals surface area contributed by atoms with Crippen LogP contribution in [0, 0.1) is 5.82 Å². The van der Waals surface area contributed by atoms with Crippen LogP contribution < -0.4 is 10.2 Å². The molecule has 3 rings (SSSR count). The number of carbonyl (C=O) groups excluding carboxylic acids is 2. The number of nitrogens with one attached hydrogen (secondary N) is 1. The lowest BCUT2D eigenvalue weighted by Gasteiger charge is -2.16. The molecule has 0 saturated carbocycles. The van der Waals surface area contributed by atoms with Gasteiger partial charge in [-0.2, -0.15) is 0 Å². The van der Waals surface area contributed by atoms with Crippen molar-refractivity contribution in [2.45, 2.75) is 25.7 Å². The van der Waals surface area contributed by atoms with Crippen molar-refractivity contribution in [2.75, 3.05) is 17.3 Å². The number of hydrogen-bond donors (Lipinski definition) is 1. The Bertz CT molecular complexity index is 830. The van der Waals surface area contributed by atoms with Gasteiger partial charge in [-0.1, -0.05) is 12.1 Å². The number of hydrogen-bond acceptors (Lipinski definition) is 2. The minimum absolute atomic E-state index is 0.0285. The number of fused-ring (bicyclic) bond motifs is 1. The summed E-state index contributed by atoms with van der Waals surface area (Å²) < 4.78 is 13.2. The van der Waals surface area contributed by atoms with Crippen LogP contribution in [0.4, 0.5) is 15.8 Å². The Morgan fingerprint density at radius 3 is 2.67 bits per heavy atom. The number of benzene rings is 2. The van der Waals surface area contributed by atoms with E-state index in [-0.39, 0.29) is 24.1 Å². The molecular weight excluding hydrogens is 307 g/mol. The molecule has 1 heterocycles. The van der Waals surface area contributed by atoms with Gasteiger partial charge in [-0.25, -0.2) is 4.39 Å². The van der Waals surface area contributed by atoms with E-state index in [1.165, 1.54) is 12.1 Å². The summed E-state index contributed by atoms with van der Waals surface area (Å²) in [5.74, 6) is -0.557. The summed E-state index contributed by atoms with van der Waals surface area (Å²) >= 11 is 0. The molecule has 0 radical (unpaired) electrons. The van der Waals surface area contributed by atoms with Crippen molar-refractivity contribution in [1.29, 1.82) is 0 Å². The third kappa shape index (κ3) is 2.77. The Balaban J connectivity index is 1.79. The van der Waals surface area contributed by atoms with Crippen LogP contribution in [-0.2, 0) is 21.4 Å². The fourth-order valence-corrected chi connectivity index (χ4v) is 3.09. The lowest BCUT2D eigenvalue weighted by Crippen LogP contribution is -2.33. The largest absolute Gasteiger partial charge is 0.326 e. The smallest absolute Gasteiger partial charge is 0.236 e. The number of nitrogens with zero attached hydrogens (tertiary/aromatic N) is 1. The molecule has 24 heavy (non-hydrogen) atoms. The van der Waals surface area contributed by atoms with Gasteiger partial charge in [-0.15, -0.1) is 0 Å². The van der Waals surface area contributed by atoms with Crippen molar-refractivity contribution in [3.05, 3.63) is 59.4 Å². The van der Waals surface area contributed by atoms with Crippen molar-refractivity contribution >= 4 is 23.2 Å². The average molecular weight is 326 g/mol. The first-order chi connectivity index (χ1) is 11.3. The Labute approximate surface area is 140 Å². The minimum Gasteiger partial charge on any atom is -0.326 e. The second kappa shape index (κ2) is 5.74. The fourth-order valence-electron chi connectivity index (χ4n) is 3.09. The number of carbonyl (C=O) groups is 2. The molecule has 4 nitrogen and oxygen atoms in total. The summed E-state index contributed by atoms with van der Waals surface area (Å²) in [6.07, 6.45) is 0.0943. The van der Waals surface area contributed by atoms with E-state index in [0.29, 0.717) is 11.3 Å². The summed E-state index contributed by atoms with van der Waals surface area (Å²) in [7, 11) is 1.75. The van der Waals surface area contributed by atoms with Crippen molar-refractivity contribution < 1.29 is 14.0 Å². The predicted octanol–water partition coefficient (Wildman–Crippen LogP) is 3.26. The molecule has 0 saturated heterocycles. The predicted molar refractivity (Wildman–Crippen MR) is 91.6 cm³/mol. The molecule has 2 aromatic rings. The van der Waals surface area contributed by atoms with Crippen LogP contribution in [0.1, 0.15) is 25.0 Å². The first kappa shape index (κ1) is 16.2. The van der Waals surface area contributed by atoms with Crippen LogP contribution in [0.2, 0.25) is 0 Å². The van der Waals surface area contributed by atoms with E-state index >= 15 is 0 Å². The van der Waals surface area contributed by atoms with Gasteiger partial charge in [0.25, 0.3) is 0 Å². The Morgan fingerprint density at radius 1 is 1.21 bits per heavy atom. The molecule has 0 atom stereocenters. The molecule has 0 spiro atoms. The van der Waals surface area contributed by atoms with E-state index < -0.39 is 5.41 Å². The summed E-state index contributed by atoms with van der Waals surface area (Å²) in [5, 5.41) is 2.82. The number of amides is 2. The van der Waals surface area contributed by atoms with Gasteiger partial charge in [0, 0.05) is 18.4 Å². The first-order valence-electron chi connectivity index (χ1n) is 7.76. The van der Waals surface area contributed by atoms with Crippen molar-refractivity contribution in [3.8, 4) is 0 Å². The molecule has 1 N–H and O–H groups in total. The fraction of sp³-hybridized carbons (Fsp3) is 0.263. The number of rotatable bonds is 3. The maximum atomic E-state index is 13.2. The van der Waals surface area contributed by atoms with Crippen LogP contribution in [-0.4, -0.2) is 18.9 Å². The topological polar surface area (TPSA) is 49.4 Å². The van der Waals surface area contributed by atoms with Crippen LogP contribution >= 0.6 is 0 Å². The summed E-state index contributed by atoms with van der Waals surface area (Å²) in [6.45, 7) is 3.74. The van der Waals surface area contributed by atoms with E-state index in [0.717, 1.165) is 11.3 Å². The van der Waals surface area contributed by atoms with Crippen molar-refractivity contribution in [1.82, 2.24) is 0 Å². The molecule has 1 aliphatic heterocycles. The lowest BCUT2D eigenvalue weighted by molar-refractivity contribution is -0.121. The summed E-state index contributed by atoms with van der Waals surface area (Å²) in [6, 6.07) is 11.4. The number of halogens is 1. The third-order valence-electron chi connectivity index (χ3n) is 4.41. The third-order valence-corrected chi connectivity index (χ3v) is 4.41. The maximum Gasteiger partial charge on any atom is 0.236 e. The molecule has 0 unspecified atom stereocenters. The monoisotopic (exact) mass is 326 g/mol. The zero-order valence-electron chi connectivity index (χ0n) is 13.9. The van der Waals surface area contributed by atoms with Crippen LogP contribution in [0.3, 0.4) is 0 Å². The molecule has 0 aromatic heterocycles. The van der Waals surface area contributed by atoms with Crippen molar-refractivity contribution in [2.24, 2.45) is 0 Å². The molecule has 2 aromatic carbocycles. The molecule has 1 aliphatic rings. The van der Waals surface area contributed by atoms with Crippen LogP contribution in [0.5, 0.6) is 0 Å². The quantitative estimate of drug-likeness (QED) is 0.941. The minimum atomic E-state index is -0.618. The van der Waals surface area contributed by atoms with E-state index in [1.807, 2.05) is 26.0 Å². The second-order valence-corrected chi connectivity index (χ2v) is 6.58. The van der Waals surface area contributed by atoms with Gasteiger partial charge in [0.2, 0.25) is 11.8 Å². The Hall–Kier alpha value is -2.69. The standard InChI is InChI=1S/C19H19FN2O2/c1-19(2)15-11-14(7-8-16(15)22(3)18(19)24)21-17(23)10-12-5-4-6-13(20)9-12/h4-9,11H,10H2,1-3H3,(H,21,23). The van der Waals surface area contributed by atoms with Gasteiger partial charge in [0.1, 0.15) is 5.82 Å². The highest BCUT2D eigenvalue weighted by molar-refractivity contribution is 6.07. The number of anilines is 2. The first-order valence-corrected chi connectivity index (χ1v) is 7.76. The van der Waals surface area contributed by atoms with Crippen molar-refractivity contribution in [3.63, 3.8) is 0 Å². The van der Waals surface area contributed by atoms with Gasteiger partial charge in [0.15, 0.2) is 0 Å². The SMILES string of the molecule is CN1C(=O)C(C)(C)c2cc(NC(=O)Cc3cccc(F)c3)ccc21. The highest BCUT2D eigenvalue weighted by atomic mass is 19.1. The normalized spacial score (nSPS) is 15.3. The van der Waals surface area contributed by atoms with E-state index in [1.54, 1.807) is 30.1 Å². The van der Waals surface area contributed by atoms with Gasteiger partial charge in [0.05, 0.1) is 11.8 Å². The average Bonchev–Trinajstić information content (AvgIpc) is 2.68. The highest BCUT2D eigenvalue weighted by Crippen LogP contribution is 2.41. The van der Waals surface area contributed by atoms with Crippen LogP contribution in [0.15, 0.2) is 42.5 Å². The zero-order chi connectivity index (χ0) is 17.5. The molecule has 2 amide bonds. The zero-order valence-corrected chi connectivity index (χ0v) is 13.9. The van der Waals surface area contributed by atoms with E-state index in [9.17, 15) is 14.0 Å². The van der Waals surface area contributed by atoms with E-state index in [4.69, 9.17) is 0 Å². The van der Waals surface area contributed by atoms with Gasteiger partial charge in [-0.3, -0.25) is 9.59 Å². The molecule has 0 fully saturated rings. The second-order valence-electron chi connectivity index (χ2n) is 6.58. The molecule has 124 valence electrons. The lowest BCUT2D eigenvalue weighted by atomic mass is 9.86. The van der Waals surface area contributed by atoms with Gasteiger partial charge in [-0.05, 0) is 55.3 Å².